The lowest BCUT2D eigenvalue weighted by Gasteiger charge is -2.40. The second-order valence-electron chi connectivity index (χ2n) is 6.12. The molecule has 0 saturated carbocycles. The van der Waals surface area contributed by atoms with Crippen molar-refractivity contribution in [3.8, 4) is 0 Å². The normalized spacial score (nSPS) is 27.3. The Balaban J connectivity index is 2.22. The number of likely N-dealkylation sites (tertiary alicyclic amines) is 1. The van der Waals surface area contributed by atoms with Gasteiger partial charge in [0.1, 0.15) is 0 Å². The standard InChI is InChI=1S/C16H34N2/c1-5-7-8-9-10-15(4)18-12-11-16(17-6-2)14(3)13-18/h14-17H,5-13H2,1-4H3. The Morgan fingerprint density at radius 1 is 1.22 bits per heavy atom. The fourth-order valence-corrected chi connectivity index (χ4v) is 3.19. The van der Waals surface area contributed by atoms with Crippen LogP contribution in [0.15, 0.2) is 0 Å². The molecule has 1 aliphatic rings. The highest BCUT2D eigenvalue weighted by Gasteiger charge is 2.27. The number of hydrogen-bond donors (Lipinski definition) is 1. The van der Waals surface area contributed by atoms with Crippen molar-refractivity contribution in [1.29, 1.82) is 0 Å². The predicted octanol–water partition coefficient (Wildman–Crippen LogP) is 3.67. The van der Waals surface area contributed by atoms with Gasteiger partial charge in [-0.25, -0.2) is 0 Å². The summed E-state index contributed by atoms with van der Waals surface area (Å²) >= 11 is 0. The van der Waals surface area contributed by atoms with E-state index in [4.69, 9.17) is 0 Å². The van der Waals surface area contributed by atoms with E-state index in [0.29, 0.717) is 0 Å². The first kappa shape index (κ1) is 16.0. The van der Waals surface area contributed by atoms with Crippen LogP contribution in [-0.2, 0) is 0 Å². The van der Waals surface area contributed by atoms with Crippen LogP contribution in [0.4, 0.5) is 0 Å². The zero-order valence-electron chi connectivity index (χ0n) is 13.0. The topological polar surface area (TPSA) is 15.3 Å². The Morgan fingerprint density at radius 3 is 2.61 bits per heavy atom. The van der Waals surface area contributed by atoms with E-state index < -0.39 is 0 Å². The molecule has 0 spiro atoms. The molecule has 0 amide bonds. The van der Waals surface area contributed by atoms with Crippen molar-refractivity contribution in [2.75, 3.05) is 19.6 Å². The van der Waals surface area contributed by atoms with E-state index in [1.54, 1.807) is 0 Å². The Bertz CT molecular complexity index is 205. The lowest BCUT2D eigenvalue weighted by atomic mass is 9.92. The zero-order chi connectivity index (χ0) is 13.4. The quantitative estimate of drug-likeness (QED) is 0.665. The third kappa shape index (κ3) is 5.27. The number of nitrogens with zero attached hydrogens (tertiary/aromatic N) is 1. The number of piperidine rings is 1. The lowest BCUT2D eigenvalue weighted by molar-refractivity contribution is 0.106. The van der Waals surface area contributed by atoms with Crippen LogP contribution >= 0.6 is 0 Å². The summed E-state index contributed by atoms with van der Waals surface area (Å²) in [5.41, 5.74) is 0. The van der Waals surface area contributed by atoms with Crippen LogP contribution in [0.1, 0.15) is 66.2 Å². The maximum atomic E-state index is 3.63. The van der Waals surface area contributed by atoms with Crippen molar-refractivity contribution in [2.45, 2.75) is 78.3 Å². The third-order valence-corrected chi connectivity index (χ3v) is 4.50. The minimum Gasteiger partial charge on any atom is -0.314 e. The molecule has 18 heavy (non-hydrogen) atoms. The number of hydrogen-bond acceptors (Lipinski definition) is 2. The zero-order valence-corrected chi connectivity index (χ0v) is 13.0. The largest absolute Gasteiger partial charge is 0.314 e. The van der Waals surface area contributed by atoms with Gasteiger partial charge in [0.15, 0.2) is 0 Å². The number of nitrogens with one attached hydrogen (secondary N) is 1. The molecule has 0 aromatic carbocycles. The summed E-state index contributed by atoms with van der Waals surface area (Å²) in [6, 6.07) is 1.53. The molecular formula is C16H34N2. The first-order valence-corrected chi connectivity index (χ1v) is 8.16. The minimum absolute atomic E-state index is 0.749. The third-order valence-electron chi connectivity index (χ3n) is 4.50. The molecule has 1 saturated heterocycles. The van der Waals surface area contributed by atoms with Gasteiger partial charge in [-0.05, 0) is 38.8 Å². The van der Waals surface area contributed by atoms with Gasteiger partial charge >= 0.3 is 0 Å². The van der Waals surface area contributed by atoms with Crippen molar-refractivity contribution in [2.24, 2.45) is 5.92 Å². The van der Waals surface area contributed by atoms with E-state index in [9.17, 15) is 0 Å². The summed E-state index contributed by atoms with van der Waals surface area (Å²) < 4.78 is 0. The SMILES string of the molecule is CCCCCCC(C)N1CCC(NCC)C(C)C1. The molecule has 3 unspecified atom stereocenters. The van der Waals surface area contributed by atoms with Crippen molar-refractivity contribution < 1.29 is 0 Å². The van der Waals surface area contributed by atoms with Crippen LogP contribution in [0, 0.1) is 5.92 Å². The van der Waals surface area contributed by atoms with Crippen molar-refractivity contribution in [3.63, 3.8) is 0 Å². The van der Waals surface area contributed by atoms with Gasteiger partial charge in [-0.2, -0.15) is 0 Å². The monoisotopic (exact) mass is 254 g/mol. The second-order valence-corrected chi connectivity index (χ2v) is 6.12. The molecule has 1 rings (SSSR count). The summed E-state index contributed by atoms with van der Waals surface area (Å²) in [6.07, 6.45) is 8.30. The maximum absolute atomic E-state index is 3.63. The molecule has 0 aromatic rings. The maximum Gasteiger partial charge on any atom is 0.0117 e. The average Bonchev–Trinajstić information content (AvgIpc) is 2.37. The van der Waals surface area contributed by atoms with Gasteiger partial charge < -0.3 is 10.2 Å². The van der Waals surface area contributed by atoms with Crippen LogP contribution in [-0.4, -0.2) is 36.6 Å². The molecule has 108 valence electrons. The van der Waals surface area contributed by atoms with E-state index in [1.165, 1.54) is 51.6 Å². The summed E-state index contributed by atoms with van der Waals surface area (Å²) in [4.78, 5) is 2.71. The van der Waals surface area contributed by atoms with Gasteiger partial charge in [0, 0.05) is 18.6 Å². The summed E-state index contributed by atoms with van der Waals surface area (Å²) in [6.45, 7) is 13.0. The highest BCUT2D eigenvalue weighted by atomic mass is 15.2. The first-order chi connectivity index (χ1) is 8.69. The average molecular weight is 254 g/mol. The molecule has 1 heterocycles. The highest BCUT2D eigenvalue weighted by Crippen LogP contribution is 2.21. The molecule has 1 aliphatic heterocycles. The Labute approximate surface area is 115 Å². The van der Waals surface area contributed by atoms with Gasteiger partial charge in [-0.15, -0.1) is 0 Å². The molecule has 1 N–H and O–H groups in total. The van der Waals surface area contributed by atoms with Crippen LogP contribution in [0.5, 0.6) is 0 Å². The van der Waals surface area contributed by atoms with E-state index in [0.717, 1.165) is 24.5 Å². The van der Waals surface area contributed by atoms with E-state index in [1.807, 2.05) is 0 Å². The molecular weight excluding hydrogens is 220 g/mol. The van der Waals surface area contributed by atoms with Crippen LogP contribution in [0.25, 0.3) is 0 Å². The van der Waals surface area contributed by atoms with Gasteiger partial charge in [-0.1, -0.05) is 46.5 Å². The molecule has 2 heteroatoms. The molecule has 0 radical (unpaired) electrons. The van der Waals surface area contributed by atoms with E-state index in [-0.39, 0.29) is 0 Å². The molecule has 2 nitrogen and oxygen atoms in total. The van der Waals surface area contributed by atoms with Crippen molar-refractivity contribution in [3.05, 3.63) is 0 Å². The van der Waals surface area contributed by atoms with Crippen molar-refractivity contribution in [1.82, 2.24) is 10.2 Å². The molecule has 0 aromatic heterocycles. The van der Waals surface area contributed by atoms with Crippen LogP contribution < -0.4 is 5.32 Å². The molecule has 0 bridgehead atoms. The number of rotatable bonds is 8. The summed E-state index contributed by atoms with van der Waals surface area (Å²) in [5, 5.41) is 3.63. The summed E-state index contributed by atoms with van der Waals surface area (Å²) in [5.74, 6) is 0.803. The minimum atomic E-state index is 0.749. The Kier molecular flexibility index (Phi) is 7.92. The molecule has 3 atom stereocenters. The fourth-order valence-electron chi connectivity index (χ4n) is 3.19. The lowest BCUT2D eigenvalue weighted by Crippen LogP contribution is -2.50. The second kappa shape index (κ2) is 8.92. The van der Waals surface area contributed by atoms with Gasteiger partial charge in [0.25, 0.3) is 0 Å². The van der Waals surface area contributed by atoms with Crippen molar-refractivity contribution >= 4 is 0 Å². The van der Waals surface area contributed by atoms with Crippen LogP contribution in [0.3, 0.4) is 0 Å². The predicted molar refractivity (Wildman–Crippen MR) is 81.0 cm³/mol. The summed E-state index contributed by atoms with van der Waals surface area (Å²) in [7, 11) is 0. The van der Waals surface area contributed by atoms with Gasteiger partial charge in [0.2, 0.25) is 0 Å². The van der Waals surface area contributed by atoms with Gasteiger partial charge in [0.05, 0.1) is 0 Å². The van der Waals surface area contributed by atoms with Gasteiger partial charge in [-0.3, -0.25) is 0 Å². The first-order valence-electron chi connectivity index (χ1n) is 8.16. The molecule has 1 fully saturated rings. The smallest absolute Gasteiger partial charge is 0.0117 e. The Hall–Kier alpha value is -0.0800. The van der Waals surface area contributed by atoms with Crippen LogP contribution in [0.2, 0.25) is 0 Å². The van der Waals surface area contributed by atoms with E-state index >= 15 is 0 Å². The van der Waals surface area contributed by atoms with E-state index in [2.05, 4.69) is 37.9 Å². The fraction of sp³-hybridized carbons (Fsp3) is 1.00. The Morgan fingerprint density at radius 2 is 2.00 bits per heavy atom. The highest BCUT2D eigenvalue weighted by molar-refractivity contribution is 4.84. The number of unbranched alkanes of at least 4 members (excludes halogenated alkanes) is 3. The molecule has 0 aliphatic carbocycles.